The van der Waals surface area contributed by atoms with Crippen molar-refractivity contribution < 1.29 is 9.53 Å². The third kappa shape index (κ3) is 9.68. The first-order chi connectivity index (χ1) is 9.83. The molecule has 0 radical (unpaired) electrons. The molecule has 0 aromatic rings. The van der Waals surface area contributed by atoms with Crippen molar-refractivity contribution in [2.24, 2.45) is 0 Å². The Morgan fingerprint density at radius 3 is 2.10 bits per heavy atom. The van der Waals surface area contributed by atoms with Gasteiger partial charge in [-0.15, -0.1) is 0 Å². The standard InChI is InChI=1S/C17H32O2S/c1-2-3-4-5-6-7-8-9-10-11-17(18)19-16-12-14-20-15-13-16/h16H,2-15H2,1H3. The molecule has 0 atom stereocenters. The van der Waals surface area contributed by atoms with Crippen molar-refractivity contribution in [2.75, 3.05) is 11.5 Å². The molecule has 0 N–H and O–H groups in total. The molecule has 1 aliphatic rings. The molecular formula is C17H32O2S. The molecule has 0 aliphatic carbocycles. The molecule has 0 saturated carbocycles. The van der Waals surface area contributed by atoms with Crippen LogP contribution < -0.4 is 0 Å². The lowest BCUT2D eigenvalue weighted by Crippen LogP contribution is -2.22. The van der Waals surface area contributed by atoms with Gasteiger partial charge in [0.2, 0.25) is 0 Å². The van der Waals surface area contributed by atoms with Gasteiger partial charge in [0, 0.05) is 6.42 Å². The predicted molar refractivity (Wildman–Crippen MR) is 88.3 cm³/mol. The molecule has 118 valence electrons. The third-order valence-corrected chi connectivity index (χ3v) is 5.00. The number of esters is 1. The quantitative estimate of drug-likeness (QED) is 0.380. The van der Waals surface area contributed by atoms with Gasteiger partial charge in [0.15, 0.2) is 0 Å². The second-order valence-electron chi connectivity index (χ2n) is 5.88. The Bertz CT molecular complexity index is 237. The summed E-state index contributed by atoms with van der Waals surface area (Å²) in [6.45, 7) is 2.26. The lowest BCUT2D eigenvalue weighted by molar-refractivity contribution is -0.149. The summed E-state index contributed by atoms with van der Waals surface area (Å²) in [6.07, 6.45) is 14.6. The predicted octanol–water partition coefficient (Wildman–Crippen LogP) is 5.35. The van der Waals surface area contributed by atoms with E-state index in [-0.39, 0.29) is 12.1 Å². The van der Waals surface area contributed by atoms with E-state index < -0.39 is 0 Å². The van der Waals surface area contributed by atoms with Crippen molar-refractivity contribution in [3.05, 3.63) is 0 Å². The minimum Gasteiger partial charge on any atom is -0.462 e. The maximum atomic E-state index is 11.7. The summed E-state index contributed by atoms with van der Waals surface area (Å²) >= 11 is 1.97. The van der Waals surface area contributed by atoms with E-state index in [4.69, 9.17) is 4.74 Å². The molecule has 1 fully saturated rings. The van der Waals surface area contributed by atoms with E-state index in [0.717, 1.165) is 30.8 Å². The Hall–Kier alpha value is -0.180. The minimum atomic E-state index is 0.0323. The number of hydrogen-bond acceptors (Lipinski definition) is 3. The Balaban J connectivity index is 1.84. The lowest BCUT2D eigenvalue weighted by atomic mass is 10.1. The monoisotopic (exact) mass is 300 g/mol. The van der Waals surface area contributed by atoms with Crippen LogP contribution in [0.5, 0.6) is 0 Å². The molecule has 1 saturated heterocycles. The first-order valence-electron chi connectivity index (χ1n) is 8.60. The molecule has 1 rings (SSSR count). The molecule has 0 aromatic heterocycles. The molecule has 0 bridgehead atoms. The first kappa shape index (κ1) is 17.9. The van der Waals surface area contributed by atoms with E-state index in [0.29, 0.717) is 6.42 Å². The largest absolute Gasteiger partial charge is 0.462 e. The zero-order chi connectivity index (χ0) is 14.5. The summed E-state index contributed by atoms with van der Waals surface area (Å²) in [5, 5.41) is 0. The number of carbonyl (C=O) groups is 1. The maximum Gasteiger partial charge on any atom is 0.306 e. The number of thioether (sulfide) groups is 1. The second kappa shape index (κ2) is 12.6. The van der Waals surface area contributed by atoms with Gasteiger partial charge in [0.25, 0.3) is 0 Å². The van der Waals surface area contributed by atoms with Crippen LogP contribution in [0.1, 0.15) is 84.0 Å². The van der Waals surface area contributed by atoms with Crippen molar-refractivity contribution in [1.82, 2.24) is 0 Å². The summed E-state index contributed by atoms with van der Waals surface area (Å²) in [4.78, 5) is 11.7. The molecule has 1 heterocycles. The number of unbranched alkanes of at least 4 members (excludes halogenated alkanes) is 8. The third-order valence-electron chi connectivity index (χ3n) is 3.95. The van der Waals surface area contributed by atoms with E-state index in [9.17, 15) is 4.79 Å². The van der Waals surface area contributed by atoms with E-state index in [1.54, 1.807) is 0 Å². The topological polar surface area (TPSA) is 26.3 Å². The molecule has 0 unspecified atom stereocenters. The summed E-state index contributed by atoms with van der Waals surface area (Å²) in [6, 6.07) is 0. The molecular weight excluding hydrogens is 268 g/mol. The van der Waals surface area contributed by atoms with Crippen LogP contribution in [0.4, 0.5) is 0 Å². The molecule has 0 spiro atoms. The average molecular weight is 301 g/mol. The second-order valence-corrected chi connectivity index (χ2v) is 7.10. The fourth-order valence-corrected chi connectivity index (χ4v) is 3.68. The van der Waals surface area contributed by atoms with Crippen LogP contribution in [0.25, 0.3) is 0 Å². The van der Waals surface area contributed by atoms with Crippen molar-refractivity contribution in [3.8, 4) is 0 Å². The number of ether oxygens (including phenoxy) is 1. The fourth-order valence-electron chi connectivity index (χ4n) is 2.62. The zero-order valence-electron chi connectivity index (χ0n) is 13.2. The Morgan fingerprint density at radius 2 is 1.50 bits per heavy atom. The fraction of sp³-hybridized carbons (Fsp3) is 0.941. The van der Waals surface area contributed by atoms with Gasteiger partial charge < -0.3 is 4.74 Å². The van der Waals surface area contributed by atoms with Crippen LogP contribution in [0.2, 0.25) is 0 Å². The van der Waals surface area contributed by atoms with E-state index in [2.05, 4.69) is 6.92 Å². The van der Waals surface area contributed by atoms with Gasteiger partial charge in [-0.3, -0.25) is 4.79 Å². The summed E-state index contributed by atoms with van der Waals surface area (Å²) < 4.78 is 5.51. The molecule has 0 amide bonds. The van der Waals surface area contributed by atoms with Crippen molar-refractivity contribution >= 4 is 17.7 Å². The normalized spacial score (nSPS) is 16.2. The Morgan fingerprint density at radius 1 is 0.950 bits per heavy atom. The number of hydrogen-bond donors (Lipinski definition) is 0. The van der Waals surface area contributed by atoms with E-state index >= 15 is 0 Å². The van der Waals surface area contributed by atoms with Crippen LogP contribution in [0, 0.1) is 0 Å². The summed E-state index contributed by atoms with van der Waals surface area (Å²) in [5.41, 5.74) is 0. The zero-order valence-corrected chi connectivity index (χ0v) is 14.0. The smallest absolute Gasteiger partial charge is 0.306 e. The highest BCUT2D eigenvalue weighted by Crippen LogP contribution is 2.20. The van der Waals surface area contributed by atoms with Crippen molar-refractivity contribution in [3.63, 3.8) is 0 Å². The highest BCUT2D eigenvalue weighted by atomic mass is 32.2. The SMILES string of the molecule is CCCCCCCCCCCC(=O)OC1CCSCC1. The van der Waals surface area contributed by atoms with Crippen molar-refractivity contribution in [2.45, 2.75) is 90.1 Å². The summed E-state index contributed by atoms with van der Waals surface area (Å²) in [7, 11) is 0. The minimum absolute atomic E-state index is 0.0323. The maximum absolute atomic E-state index is 11.7. The van der Waals surface area contributed by atoms with Crippen LogP contribution in [-0.2, 0) is 9.53 Å². The van der Waals surface area contributed by atoms with Gasteiger partial charge in [-0.05, 0) is 30.8 Å². The molecule has 2 nitrogen and oxygen atoms in total. The van der Waals surface area contributed by atoms with Crippen LogP contribution >= 0.6 is 11.8 Å². The molecule has 20 heavy (non-hydrogen) atoms. The summed E-state index contributed by atoms with van der Waals surface area (Å²) in [5.74, 6) is 2.33. The van der Waals surface area contributed by atoms with Gasteiger partial charge in [-0.1, -0.05) is 58.3 Å². The van der Waals surface area contributed by atoms with Gasteiger partial charge in [-0.2, -0.15) is 11.8 Å². The van der Waals surface area contributed by atoms with E-state index in [1.807, 2.05) is 11.8 Å². The van der Waals surface area contributed by atoms with Gasteiger partial charge in [-0.25, -0.2) is 0 Å². The van der Waals surface area contributed by atoms with Crippen LogP contribution in [0.3, 0.4) is 0 Å². The van der Waals surface area contributed by atoms with E-state index in [1.165, 1.54) is 51.4 Å². The Kier molecular flexibility index (Phi) is 11.2. The molecule has 1 aliphatic heterocycles. The van der Waals surface area contributed by atoms with Gasteiger partial charge in [0.1, 0.15) is 6.10 Å². The highest BCUT2D eigenvalue weighted by molar-refractivity contribution is 7.99. The van der Waals surface area contributed by atoms with Gasteiger partial charge >= 0.3 is 5.97 Å². The molecule has 0 aromatic carbocycles. The lowest BCUT2D eigenvalue weighted by Gasteiger charge is -2.21. The number of rotatable bonds is 11. The van der Waals surface area contributed by atoms with Gasteiger partial charge in [0.05, 0.1) is 0 Å². The first-order valence-corrected chi connectivity index (χ1v) is 9.75. The highest BCUT2D eigenvalue weighted by Gasteiger charge is 2.17. The van der Waals surface area contributed by atoms with Crippen molar-refractivity contribution in [1.29, 1.82) is 0 Å². The number of carbonyl (C=O) groups excluding carboxylic acids is 1. The molecule has 3 heteroatoms. The van der Waals surface area contributed by atoms with Crippen LogP contribution in [-0.4, -0.2) is 23.6 Å². The van der Waals surface area contributed by atoms with Crippen LogP contribution in [0.15, 0.2) is 0 Å². The Labute approximate surface area is 129 Å². The average Bonchev–Trinajstić information content (AvgIpc) is 2.46.